The molecule has 1 aliphatic heterocycles. The van der Waals surface area contributed by atoms with Crippen LogP contribution in [0.2, 0.25) is 0 Å². The second-order valence-electron chi connectivity index (χ2n) is 4.73. The molecule has 0 fully saturated rings. The molecule has 17 heavy (non-hydrogen) atoms. The van der Waals surface area contributed by atoms with Gasteiger partial charge in [0.1, 0.15) is 0 Å². The summed E-state index contributed by atoms with van der Waals surface area (Å²) in [6, 6.07) is 7.28. The maximum Gasteiger partial charge on any atom is 0.236 e. The maximum atomic E-state index is 12.3. The van der Waals surface area contributed by atoms with E-state index in [9.17, 15) is 8.42 Å². The van der Waals surface area contributed by atoms with Crippen molar-refractivity contribution in [3.8, 4) is 0 Å². The van der Waals surface area contributed by atoms with Gasteiger partial charge in [0.2, 0.25) is 10.0 Å². The van der Waals surface area contributed by atoms with Crippen LogP contribution in [-0.2, 0) is 16.4 Å². The van der Waals surface area contributed by atoms with E-state index < -0.39 is 10.0 Å². The number of rotatable bonds is 3. The van der Waals surface area contributed by atoms with Crippen LogP contribution < -0.4 is 10.0 Å². The van der Waals surface area contributed by atoms with E-state index in [2.05, 4.69) is 0 Å². The van der Waals surface area contributed by atoms with Crippen molar-refractivity contribution in [3.05, 3.63) is 29.8 Å². The zero-order chi connectivity index (χ0) is 12.6. The summed E-state index contributed by atoms with van der Waals surface area (Å²) in [5.41, 5.74) is 7.50. The molecule has 1 aromatic rings. The maximum absolute atomic E-state index is 12.3. The second kappa shape index (κ2) is 4.31. The number of anilines is 1. The molecule has 4 nitrogen and oxygen atoms in total. The lowest BCUT2D eigenvalue weighted by atomic mass is 10.1. The molecule has 5 heteroatoms. The average molecular weight is 254 g/mol. The monoisotopic (exact) mass is 254 g/mol. The van der Waals surface area contributed by atoms with Gasteiger partial charge in [-0.05, 0) is 31.9 Å². The number of para-hydroxylation sites is 1. The SMILES string of the molecule is CC(N)CS(=O)(=O)N1c2ccccc2CC1C. The number of sulfonamides is 1. The minimum Gasteiger partial charge on any atom is -0.327 e. The standard InChI is InChI=1S/C12H18N2O2S/c1-9(13)8-17(15,16)14-10(2)7-11-5-3-4-6-12(11)14/h3-6,9-10H,7-8,13H2,1-2H3. The Morgan fingerprint density at radius 3 is 2.76 bits per heavy atom. The van der Waals surface area contributed by atoms with Crippen LogP contribution in [0.4, 0.5) is 5.69 Å². The first-order chi connectivity index (χ1) is 7.92. The minimum atomic E-state index is -3.31. The highest BCUT2D eigenvalue weighted by molar-refractivity contribution is 7.92. The summed E-state index contributed by atoms with van der Waals surface area (Å²) in [7, 11) is -3.31. The summed E-state index contributed by atoms with van der Waals surface area (Å²) < 4.78 is 26.0. The first-order valence-electron chi connectivity index (χ1n) is 5.77. The van der Waals surface area contributed by atoms with E-state index in [0.29, 0.717) is 0 Å². The fourth-order valence-corrected chi connectivity index (χ4v) is 4.30. The Labute approximate surface area is 102 Å². The quantitative estimate of drug-likeness (QED) is 0.879. The van der Waals surface area contributed by atoms with Crippen LogP contribution in [0.15, 0.2) is 24.3 Å². The third kappa shape index (κ3) is 2.30. The molecule has 0 aromatic heterocycles. The van der Waals surface area contributed by atoms with Crippen LogP contribution >= 0.6 is 0 Å². The summed E-state index contributed by atoms with van der Waals surface area (Å²) in [4.78, 5) is 0. The van der Waals surface area contributed by atoms with E-state index in [0.717, 1.165) is 17.7 Å². The molecule has 94 valence electrons. The smallest absolute Gasteiger partial charge is 0.236 e. The molecule has 0 amide bonds. The van der Waals surface area contributed by atoms with Gasteiger partial charge in [0, 0.05) is 12.1 Å². The van der Waals surface area contributed by atoms with Crippen LogP contribution in [0.1, 0.15) is 19.4 Å². The first-order valence-corrected chi connectivity index (χ1v) is 7.38. The van der Waals surface area contributed by atoms with Crippen molar-refractivity contribution in [2.45, 2.75) is 32.4 Å². The average Bonchev–Trinajstić information content (AvgIpc) is 2.51. The molecule has 2 N–H and O–H groups in total. The van der Waals surface area contributed by atoms with Gasteiger partial charge in [-0.2, -0.15) is 0 Å². The van der Waals surface area contributed by atoms with Gasteiger partial charge in [-0.1, -0.05) is 18.2 Å². The van der Waals surface area contributed by atoms with Crippen LogP contribution in [0.3, 0.4) is 0 Å². The van der Waals surface area contributed by atoms with Gasteiger partial charge in [-0.3, -0.25) is 4.31 Å². The lowest BCUT2D eigenvalue weighted by Crippen LogP contribution is -2.41. The highest BCUT2D eigenvalue weighted by Crippen LogP contribution is 2.34. The molecular formula is C12H18N2O2S. The van der Waals surface area contributed by atoms with E-state index in [4.69, 9.17) is 5.73 Å². The Morgan fingerprint density at radius 2 is 2.12 bits per heavy atom. The Kier molecular flexibility index (Phi) is 3.14. The van der Waals surface area contributed by atoms with Gasteiger partial charge in [0.15, 0.2) is 0 Å². The lowest BCUT2D eigenvalue weighted by Gasteiger charge is -2.25. The van der Waals surface area contributed by atoms with Crippen molar-refractivity contribution in [2.75, 3.05) is 10.1 Å². The highest BCUT2D eigenvalue weighted by atomic mass is 32.2. The van der Waals surface area contributed by atoms with Gasteiger partial charge in [0.25, 0.3) is 0 Å². The summed E-state index contributed by atoms with van der Waals surface area (Å²) >= 11 is 0. The van der Waals surface area contributed by atoms with E-state index in [1.807, 2.05) is 31.2 Å². The van der Waals surface area contributed by atoms with E-state index in [-0.39, 0.29) is 17.8 Å². The third-order valence-electron chi connectivity index (χ3n) is 2.92. The van der Waals surface area contributed by atoms with Crippen molar-refractivity contribution in [2.24, 2.45) is 5.73 Å². The minimum absolute atomic E-state index is 0.00826. The fourth-order valence-electron chi connectivity index (χ4n) is 2.37. The fraction of sp³-hybridized carbons (Fsp3) is 0.500. The zero-order valence-electron chi connectivity index (χ0n) is 10.1. The number of nitrogens with two attached hydrogens (primary N) is 1. The second-order valence-corrected chi connectivity index (χ2v) is 6.62. The Morgan fingerprint density at radius 1 is 1.47 bits per heavy atom. The molecular weight excluding hydrogens is 236 g/mol. The molecule has 0 radical (unpaired) electrons. The van der Waals surface area contributed by atoms with Crippen LogP contribution in [-0.4, -0.2) is 26.3 Å². The molecule has 1 aliphatic rings. The van der Waals surface area contributed by atoms with Gasteiger partial charge in [0.05, 0.1) is 11.4 Å². The molecule has 2 unspecified atom stereocenters. The Bertz CT molecular complexity index is 511. The predicted molar refractivity (Wildman–Crippen MR) is 69.5 cm³/mol. The Balaban J connectivity index is 2.40. The summed E-state index contributed by atoms with van der Waals surface area (Å²) in [5.74, 6) is -0.00826. The van der Waals surface area contributed by atoms with Crippen LogP contribution in [0, 0.1) is 0 Å². The zero-order valence-corrected chi connectivity index (χ0v) is 10.9. The molecule has 0 bridgehead atoms. The molecule has 0 spiro atoms. The van der Waals surface area contributed by atoms with Crippen molar-refractivity contribution >= 4 is 15.7 Å². The number of fused-ring (bicyclic) bond motifs is 1. The number of benzene rings is 1. The van der Waals surface area contributed by atoms with Gasteiger partial charge < -0.3 is 5.73 Å². The third-order valence-corrected chi connectivity index (χ3v) is 5.02. The van der Waals surface area contributed by atoms with Crippen molar-refractivity contribution in [1.82, 2.24) is 0 Å². The van der Waals surface area contributed by atoms with E-state index in [1.54, 1.807) is 6.92 Å². The Hall–Kier alpha value is -1.07. The molecule has 1 heterocycles. The number of hydrogen-bond acceptors (Lipinski definition) is 3. The predicted octanol–water partition coefficient (Wildman–Crippen LogP) is 1.11. The highest BCUT2D eigenvalue weighted by Gasteiger charge is 2.34. The topological polar surface area (TPSA) is 63.4 Å². The van der Waals surface area contributed by atoms with Crippen LogP contribution in [0.5, 0.6) is 0 Å². The molecule has 1 aromatic carbocycles. The van der Waals surface area contributed by atoms with Gasteiger partial charge in [-0.15, -0.1) is 0 Å². The molecule has 0 saturated carbocycles. The molecule has 2 atom stereocenters. The molecule has 2 rings (SSSR count). The lowest BCUT2D eigenvalue weighted by molar-refractivity contribution is 0.578. The first kappa shape index (κ1) is 12.4. The van der Waals surface area contributed by atoms with Crippen LogP contribution in [0.25, 0.3) is 0 Å². The number of hydrogen-bond donors (Lipinski definition) is 1. The molecule has 0 aliphatic carbocycles. The van der Waals surface area contributed by atoms with Gasteiger partial charge >= 0.3 is 0 Å². The molecule has 0 saturated heterocycles. The largest absolute Gasteiger partial charge is 0.327 e. The normalized spacial score (nSPS) is 21.4. The van der Waals surface area contributed by atoms with Gasteiger partial charge in [-0.25, -0.2) is 8.42 Å². The van der Waals surface area contributed by atoms with Crippen molar-refractivity contribution in [1.29, 1.82) is 0 Å². The number of nitrogens with zero attached hydrogens (tertiary/aromatic N) is 1. The summed E-state index contributed by atoms with van der Waals surface area (Å²) in [6.45, 7) is 3.64. The van der Waals surface area contributed by atoms with Crippen molar-refractivity contribution < 1.29 is 8.42 Å². The summed E-state index contributed by atoms with van der Waals surface area (Å²) in [5, 5.41) is 0. The summed E-state index contributed by atoms with van der Waals surface area (Å²) in [6.07, 6.45) is 0.772. The van der Waals surface area contributed by atoms with E-state index in [1.165, 1.54) is 4.31 Å². The van der Waals surface area contributed by atoms with Crippen molar-refractivity contribution in [3.63, 3.8) is 0 Å². The van der Waals surface area contributed by atoms with E-state index >= 15 is 0 Å².